The van der Waals surface area contributed by atoms with E-state index in [0.29, 0.717) is 24.9 Å². The molecule has 0 saturated heterocycles. The Labute approximate surface area is 184 Å². The third-order valence-corrected chi connectivity index (χ3v) is 4.90. The molecule has 0 spiro atoms. The van der Waals surface area contributed by atoms with Crippen LogP contribution < -0.4 is 16.4 Å². The molecule has 1 aromatic carbocycles. The molecule has 0 aliphatic rings. The van der Waals surface area contributed by atoms with Gasteiger partial charge in [0.15, 0.2) is 0 Å². The Morgan fingerprint density at radius 2 is 1.72 bits per heavy atom. The number of rotatable bonds is 7. The maximum Gasteiger partial charge on any atom is 0.311 e. The molecule has 4 rings (SSSR count). The fourth-order valence-corrected chi connectivity index (χ4v) is 3.59. The van der Waals surface area contributed by atoms with Gasteiger partial charge in [-0.2, -0.15) is 0 Å². The molecule has 3 heterocycles. The van der Waals surface area contributed by atoms with Gasteiger partial charge in [0.2, 0.25) is 11.8 Å². The SMILES string of the molecule is Cc1cc(C)cc(-c2cc3nc(C)cn3c(NCCNc3ccc([N+](=O)[O-])c(N)n3)n2)c1. The molecule has 0 saturated carbocycles. The van der Waals surface area contributed by atoms with E-state index in [0.717, 1.165) is 22.6 Å². The number of hydrogen-bond acceptors (Lipinski definition) is 8. The van der Waals surface area contributed by atoms with Crippen LogP contribution in [0.25, 0.3) is 16.9 Å². The molecule has 0 unspecified atom stereocenters. The summed E-state index contributed by atoms with van der Waals surface area (Å²) in [5.41, 5.74) is 11.4. The highest BCUT2D eigenvalue weighted by molar-refractivity contribution is 5.67. The topological polar surface area (TPSA) is 136 Å². The highest BCUT2D eigenvalue weighted by Gasteiger charge is 2.13. The molecule has 10 heteroatoms. The zero-order chi connectivity index (χ0) is 22.8. The predicted octanol–water partition coefficient (Wildman–Crippen LogP) is 3.73. The van der Waals surface area contributed by atoms with Crippen molar-refractivity contribution in [3.63, 3.8) is 0 Å². The smallest absolute Gasteiger partial charge is 0.311 e. The fourth-order valence-electron chi connectivity index (χ4n) is 3.59. The van der Waals surface area contributed by atoms with Crippen molar-refractivity contribution in [1.82, 2.24) is 19.4 Å². The lowest BCUT2D eigenvalue weighted by Gasteiger charge is -2.12. The van der Waals surface area contributed by atoms with Gasteiger partial charge in [-0.25, -0.2) is 15.0 Å². The Morgan fingerprint density at radius 1 is 1.00 bits per heavy atom. The summed E-state index contributed by atoms with van der Waals surface area (Å²) in [6.45, 7) is 7.12. The van der Waals surface area contributed by atoms with Gasteiger partial charge in [0.05, 0.1) is 16.3 Å². The average Bonchev–Trinajstić information content (AvgIpc) is 3.10. The normalized spacial score (nSPS) is 11.0. The first-order valence-electron chi connectivity index (χ1n) is 10.1. The molecular weight excluding hydrogens is 408 g/mol. The first-order valence-corrected chi connectivity index (χ1v) is 10.1. The van der Waals surface area contributed by atoms with Crippen LogP contribution in [0.4, 0.5) is 23.3 Å². The summed E-state index contributed by atoms with van der Waals surface area (Å²) in [6, 6.07) is 11.2. The number of aryl methyl sites for hydroxylation is 3. The lowest BCUT2D eigenvalue weighted by molar-refractivity contribution is -0.384. The van der Waals surface area contributed by atoms with Gasteiger partial charge in [0.1, 0.15) is 11.5 Å². The number of nitro groups is 1. The van der Waals surface area contributed by atoms with Gasteiger partial charge in [0.25, 0.3) is 0 Å². The molecule has 0 aliphatic heterocycles. The van der Waals surface area contributed by atoms with Crippen LogP contribution in [-0.4, -0.2) is 37.4 Å². The number of anilines is 3. The van der Waals surface area contributed by atoms with Gasteiger partial charge in [-0.1, -0.05) is 17.2 Å². The number of nitrogens with one attached hydrogen (secondary N) is 2. The summed E-state index contributed by atoms with van der Waals surface area (Å²) >= 11 is 0. The average molecular weight is 432 g/mol. The summed E-state index contributed by atoms with van der Waals surface area (Å²) in [7, 11) is 0. The van der Waals surface area contributed by atoms with Crippen LogP contribution >= 0.6 is 0 Å². The van der Waals surface area contributed by atoms with E-state index in [1.165, 1.54) is 23.3 Å². The highest BCUT2D eigenvalue weighted by atomic mass is 16.6. The molecule has 10 nitrogen and oxygen atoms in total. The molecule has 4 N–H and O–H groups in total. The van der Waals surface area contributed by atoms with Gasteiger partial charge in [-0.05, 0) is 39.0 Å². The molecule has 0 amide bonds. The van der Waals surface area contributed by atoms with Crippen molar-refractivity contribution in [2.24, 2.45) is 0 Å². The summed E-state index contributed by atoms with van der Waals surface area (Å²) in [6.07, 6.45) is 1.93. The van der Waals surface area contributed by atoms with Crippen LogP contribution in [0, 0.1) is 30.9 Å². The largest absolute Gasteiger partial charge is 0.378 e. The monoisotopic (exact) mass is 432 g/mol. The number of nitrogens with zero attached hydrogens (tertiary/aromatic N) is 5. The van der Waals surface area contributed by atoms with Crippen molar-refractivity contribution < 1.29 is 4.92 Å². The van der Waals surface area contributed by atoms with E-state index < -0.39 is 4.92 Å². The van der Waals surface area contributed by atoms with Crippen LogP contribution in [0.1, 0.15) is 16.8 Å². The zero-order valence-corrected chi connectivity index (χ0v) is 18.1. The molecule has 32 heavy (non-hydrogen) atoms. The fraction of sp³-hybridized carbons (Fsp3) is 0.227. The third kappa shape index (κ3) is 4.43. The minimum absolute atomic E-state index is 0.119. The highest BCUT2D eigenvalue weighted by Crippen LogP contribution is 2.24. The van der Waals surface area contributed by atoms with E-state index in [1.807, 2.05) is 23.6 Å². The number of nitrogens with two attached hydrogens (primary N) is 1. The van der Waals surface area contributed by atoms with Crippen LogP contribution in [0.3, 0.4) is 0 Å². The van der Waals surface area contributed by atoms with Gasteiger partial charge in [-0.15, -0.1) is 0 Å². The molecule has 164 valence electrons. The van der Waals surface area contributed by atoms with E-state index in [4.69, 9.17) is 10.7 Å². The Hall–Kier alpha value is -4.21. The number of fused-ring (bicyclic) bond motifs is 1. The minimum Gasteiger partial charge on any atom is -0.378 e. The Balaban J connectivity index is 1.52. The quantitative estimate of drug-likeness (QED) is 0.228. The van der Waals surface area contributed by atoms with Crippen LogP contribution in [-0.2, 0) is 0 Å². The second kappa shape index (κ2) is 8.50. The summed E-state index contributed by atoms with van der Waals surface area (Å²) < 4.78 is 1.92. The minimum atomic E-state index is -0.555. The second-order valence-corrected chi connectivity index (χ2v) is 7.66. The Kier molecular flexibility index (Phi) is 5.59. The lowest BCUT2D eigenvalue weighted by atomic mass is 10.0. The van der Waals surface area contributed by atoms with Crippen molar-refractivity contribution in [1.29, 1.82) is 0 Å². The number of nitrogen functional groups attached to an aromatic ring is 1. The number of aromatic nitrogens is 4. The summed E-state index contributed by atoms with van der Waals surface area (Å²) in [5.74, 6) is 1.03. The van der Waals surface area contributed by atoms with Gasteiger partial charge in [-0.3, -0.25) is 14.5 Å². The second-order valence-electron chi connectivity index (χ2n) is 7.66. The van der Waals surface area contributed by atoms with Crippen molar-refractivity contribution in [3.05, 3.63) is 69.5 Å². The maximum atomic E-state index is 10.9. The molecule has 0 fully saturated rings. The van der Waals surface area contributed by atoms with E-state index in [1.54, 1.807) is 0 Å². The summed E-state index contributed by atoms with van der Waals surface area (Å²) in [4.78, 5) is 23.8. The third-order valence-electron chi connectivity index (χ3n) is 4.90. The van der Waals surface area contributed by atoms with Crippen LogP contribution in [0.15, 0.2) is 42.6 Å². The molecule has 0 radical (unpaired) electrons. The van der Waals surface area contributed by atoms with Crippen LogP contribution in [0.2, 0.25) is 0 Å². The first-order chi connectivity index (χ1) is 15.3. The number of benzene rings is 1. The van der Waals surface area contributed by atoms with Gasteiger partial charge >= 0.3 is 5.69 Å². The molecule has 3 aromatic heterocycles. The van der Waals surface area contributed by atoms with Gasteiger partial charge < -0.3 is 16.4 Å². The van der Waals surface area contributed by atoms with Crippen molar-refractivity contribution in [2.45, 2.75) is 20.8 Å². The van der Waals surface area contributed by atoms with Crippen LogP contribution in [0.5, 0.6) is 0 Å². The molecular formula is C22H24N8O2. The van der Waals surface area contributed by atoms with Crippen molar-refractivity contribution in [2.75, 3.05) is 29.5 Å². The molecule has 0 aliphatic carbocycles. The Bertz CT molecular complexity index is 1290. The van der Waals surface area contributed by atoms with Crippen molar-refractivity contribution >= 4 is 28.9 Å². The van der Waals surface area contributed by atoms with E-state index in [2.05, 4.69) is 52.6 Å². The van der Waals surface area contributed by atoms with Crippen molar-refractivity contribution in [3.8, 4) is 11.3 Å². The predicted molar refractivity (Wildman–Crippen MR) is 125 cm³/mol. The molecule has 0 atom stereocenters. The van der Waals surface area contributed by atoms with E-state index in [9.17, 15) is 10.1 Å². The molecule has 4 aromatic rings. The standard InChI is InChI=1S/C22H24N8O2/c1-13-8-14(2)10-16(9-13)17-11-20-26-15(3)12-29(20)22(27-17)25-7-6-24-19-5-4-18(30(31)32)21(23)28-19/h4-5,8-12H,6-7H2,1-3H3,(H,25,27)(H3,23,24,28). The first kappa shape index (κ1) is 21.0. The zero-order valence-electron chi connectivity index (χ0n) is 18.1. The number of pyridine rings is 1. The number of hydrogen-bond donors (Lipinski definition) is 3. The van der Waals surface area contributed by atoms with E-state index in [-0.39, 0.29) is 11.5 Å². The maximum absolute atomic E-state index is 10.9. The van der Waals surface area contributed by atoms with E-state index >= 15 is 0 Å². The number of imidazole rings is 1. The summed E-state index contributed by atoms with van der Waals surface area (Å²) in [5, 5.41) is 17.3. The molecule has 0 bridgehead atoms. The lowest BCUT2D eigenvalue weighted by Crippen LogP contribution is -2.17. The van der Waals surface area contributed by atoms with Gasteiger partial charge in [0, 0.05) is 37.0 Å². The Morgan fingerprint density at radius 3 is 2.41 bits per heavy atom.